The number of ether oxygens (including phenoxy) is 1. The first-order valence-corrected chi connectivity index (χ1v) is 10.8. The Bertz CT molecular complexity index is 1050. The van der Waals surface area contributed by atoms with Crippen molar-refractivity contribution in [1.82, 2.24) is 14.9 Å². The Morgan fingerprint density at radius 2 is 2.07 bits per heavy atom. The predicted octanol–water partition coefficient (Wildman–Crippen LogP) is 4.13. The highest BCUT2D eigenvalue weighted by atomic mass is 32.1. The topological polar surface area (TPSA) is 87.6 Å². The molecular formula is C22H26N4O3S. The number of nitrogens with one attached hydrogen (secondary N) is 1. The van der Waals surface area contributed by atoms with E-state index in [1.807, 2.05) is 51.1 Å². The first kappa shape index (κ1) is 20.6. The van der Waals surface area contributed by atoms with Gasteiger partial charge in [0.05, 0.1) is 24.6 Å². The minimum Gasteiger partial charge on any atom is -0.444 e. The molecule has 0 saturated heterocycles. The third kappa shape index (κ3) is 4.24. The molecule has 0 fully saturated rings. The van der Waals surface area contributed by atoms with E-state index in [-0.39, 0.29) is 18.7 Å². The van der Waals surface area contributed by atoms with Crippen molar-refractivity contribution in [3.8, 4) is 0 Å². The normalized spacial score (nSPS) is 15.0. The van der Waals surface area contributed by atoms with Crippen molar-refractivity contribution in [2.45, 2.75) is 45.4 Å². The Morgan fingerprint density at radius 1 is 1.30 bits per heavy atom. The van der Waals surface area contributed by atoms with Gasteiger partial charge in [-0.2, -0.15) is 0 Å². The SMILES string of the molecule is CC(C)(C)OC(=O)N1CCc2c(sc3ncnc(NC(CO)c4ccccc4)c23)C1. The van der Waals surface area contributed by atoms with Gasteiger partial charge in [0.15, 0.2) is 0 Å². The summed E-state index contributed by atoms with van der Waals surface area (Å²) in [7, 11) is 0. The Kier molecular flexibility index (Phi) is 5.62. The van der Waals surface area contributed by atoms with Crippen molar-refractivity contribution in [3.05, 3.63) is 52.7 Å². The summed E-state index contributed by atoms with van der Waals surface area (Å²) in [4.78, 5) is 25.1. The molecule has 158 valence electrons. The molecule has 0 bridgehead atoms. The van der Waals surface area contributed by atoms with E-state index in [4.69, 9.17) is 4.74 Å². The number of hydrogen-bond acceptors (Lipinski definition) is 7. The molecule has 1 aromatic carbocycles. The van der Waals surface area contributed by atoms with Crippen molar-refractivity contribution in [2.24, 2.45) is 0 Å². The highest BCUT2D eigenvalue weighted by Gasteiger charge is 2.29. The summed E-state index contributed by atoms with van der Waals surface area (Å²) in [5.74, 6) is 0.714. The van der Waals surface area contributed by atoms with Gasteiger partial charge in [0.1, 0.15) is 22.6 Å². The smallest absolute Gasteiger partial charge is 0.410 e. The number of aromatic nitrogens is 2. The molecule has 1 amide bonds. The minimum atomic E-state index is -0.517. The van der Waals surface area contributed by atoms with Gasteiger partial charge >= 0.3 is 6.09 Å². The van der Waals surface area contributed by atoms with Gasteiger partial charge in [0, 0.05) is 11.4 Å². The summed E-state index contributed by atoms with van der Waals surface area (Å²) in [5, 5.41) is 14.3. The van der Waals surface area contributed by atoms with Gasteiger partial charge in [-0.25, -0.2) is 14.8 Å². The van der Waals surface area contributed by atoms with Crippen LogP contribution >= 0.6 is 11.3 Å². The Balaban J connectivity index is 1.62. The van der Waals surface area contributed by atoms with Crippen molar-refractivity contribution < 1.29 is 14.6 Å². The molecule has 2 aromatic heterocycles. The molecular weight excluding hydrogens is 400 g/mol. The van der Waals surface area contributed by atoms with Crippen LogP contribution < -0.4 is 5.32 Å². The van der Waals surface area contributed by atoms with Crippen LogP contribution in [0.2, 0.25) is 0 Å². The Hall–Kier alpha value is -2.71. The Labute approximate surface area is 179 Å². The van der Waals surface area contributed by atoms with Crippen LogP contribution in [0.1, 0.15) is 42.8 Å². The molecule has 3 heterocycles. The zero-order chi connectivity index (χ0) is 21.3. The van der Waals surface area contributed by atoms with E-state index in [1.54, 1.807) is 16.2 Å². The summed E-state index contributed by atoms with van der Waals surface area (Å²) in [6, 6.07) is 9.55. The fourth-order valence-electron chi connectivity index (χ4n) is 3.60. The number of benzene rings is 1. The minimum absolute atomic E-state index is 0.0474. The largest absolute Gasteiger partial charge is 0.444 e. The maximum atomic E-state index is 12.5. The number of nitrogens with zero attached hydrogens (tertiary/aromatic N) is 3. The van der Waals surface area contributed by atoms with E-state index in [0.29, 0.717) is 25.3 Å². The van der Waals surface area contributed by atoms with E-state index in [0.717, 1.165) is 20.7 Å². The molecule has 0 radical (unpaired) electrons. The van der Waals surface area contributed by atoms with Crippen molar-refractivity contribution in [2.75, 3.05) is 18.5 Å². The lowest BCUT2D eigenvalue weighted by atomic mass is 10.0. The first-order chi connectivity index (χ1) is 14.4. The van der Waals surface area contributed by atoms with Crippen LogP contribution in [-0.2, 0) is 17.7 Å². The highest BCUT2D eigenvalue weighted by Crippen LogP contribution is 2.38. The molecule has 1 unspecified atom stereocenters. The Morgan fingerprint density at radius 3 is 2.77 bits per heavy atom. The van der Waals surface area contributed by atoms with Crippen molar-refractivity contribution in [3.63, 3.8) is 0 Å². The van der Waals surface area contributed by atoms with Crippen LogP contribution in [0.3, 0.4) is 0 Å². The number of carbonyl (C=O) groups is 1. The molecule has 0 aliphatic carbocycles. The number of rotatable bonds is 4. The molecule has 7 nitrogen and oxygen atoms in total. The van der Waals surface area contributed by atoms with Crippen LogP contribution in [0.4, 0.5) is 10.6 Å². The third-order valence-electron chi connectivity index (χ3n) is 4.98. The number of fused-ring (bicyclic) bond motifs is 3. The van der Waals surface area contributed by atoms with Gasteiger partial charge in [-0.15, -0.1) is 11.3 Å². The fourth-order valence-corrected chi connectivity index (χ4v) is 4.81. The number of carbonyl (C=O) groups excluding carboxylic acids is 1. The average Bonchev–Trinajstić information content (AvgIpc) is 3.10. The van der Waals surface area contributed by atoms with Gasteiger partial charge in [0.25, 0.3) is 0 Å². The van der Waals surface area contributed by atoms with E-state index < -0.39 is 5.60 Å². The molecule has 2 N–H and O–H groups in total. The molecule has 1 aliphatic heterocycles. The molecule has 3 aromatic rings. The first-order valence-electron chi connectivity index (χ1n) is 10.0. The predicted molar refractivity (Wildman–Crippen MR) is 118 cm³/mol. The second-order valence-corrected chi connectivity index (χ2v) is 9.43. The molecule has 0 saturated carbocycles. The lowest BCUT2D eigenvalue weighted by Gasteiger charge is -2.30. The zero-order valence-electron chi connectivity index (χ0n) is 17.4. The number of hydrogen-bond donors (Lipinski definition) is 2. The number of anilines is 1. The van der Waals surface area contributed by atoms with Gasteiger partial charge < -0.3 is 20.1 Å². The quantitative estimate of drug-likeness (QED) is 0.652. The number of aliphatic hydroxyl groups excluding tert-OH is 1. The molecule has 30 heavy (non-hydrogen) atoms. The van der Waals surface area contributed by atoms with E-state index in [2.05, 4.69) is 15.3 Å². The maximum absolute atomic E-state index is 12.5. The third-order valence-corrected chi connectivity index (χ3v) is 6.11. The van der Waals surface area contributed by atoms with Crippen LogP contribution in [0.15, 0.2) is 36.7 Å². The van der Waals surface area contributed by atoms with Gasteiger partial charge in [-0.3, -0.25) is 0 Å². The lowest BCUT2D eigenvalue weighted by molar-refractivity contribution is 0.0227. The van der Waals surface area contributed by atoms with Gasteiger partial charge in [0.2, 0.25) is 0 Å². The summed E-state index contributed by atoms with van der Waals surface area (Å²) >= 11 is 1.58. The lowest BCUT2D eigenvalue weighted by Crippen LogP contribution is -2.39. The summed E-state index contributed by atoms with van der Waals surface area (Å²) < 4.78 is 5.53. The second kappa shape index (κ2) is 8.20. The molecule has 8 heteroatoms. The average molecular weight is 427 g/mol. The fraction of sp³-hybridized carbons (Fsp3) is 0.409. The molecule has 0 spiro atoms. The number of aliphatic hydroxyl groups is 1. The van der Waals surface area contributed by atoms with E-state index in [1.165, 1.54) is 11.9 Å². The standard InChI is InChI=1S/C22H26N4O3S/c1-22(2,3)29-21(28)26-10-9-15-17(11-26)30-20-18(15)19(23-13-24-20)25-16(12-27)14-7-5-4-6-8-14/h4-8,13,16,27H,9-12H2,1-3H3,(H,23,24,25). The summed E-state index contributed by atoms with van der Waals surface area (Å²) in [6.07, 6.45) is 1.96. The zero-order valence-corrected chi connectivity index (χ0v) is 18.2. The van der Waals surface area contributed by atoms with Gasteiger partial charge in [-0.05, 0) is 38.3 Å². The summed E-state index contributed by atoms with van der Waals surface area (Å²) in [5.41, 5.74) is 1.64. The number of amides is 1. The maximum Gasteiger partial charge on any atom is 0.410 e. The molecule has 1 atom stereocenters. The van der Waals surface area contributed by atoms with Crippen LogP contribution in [-0.4, -0.2) is 44.8 Å². The van der Waals surface area contributed by atoms with E-state index in [9.17, 15) is 9.90 Å². The summed E-state index contributed by atoms with van der Waals surface area (Å²) in [6.45, 7) is 6.66. The van der Waals surface area contributed by atoms with Crippen LogP contribution in [0.5, 0.6) is 0 Å². The van der Waals surface area contributed by atoms with Crippen LogP contribution in [0, 0.1) is 0 Å². The molecule has 1 aliphatic rings. The monoisotopic (exact) mass is 426 g/mol. The highest BCUT2D eigenvalue weighted by molar-refractivity contribution is 7.19. The van der Waals surface area contributed by atoms with E-state index >= 15 is 0 Å². The van der Waals surface area contributed by atoms with Gasteiger partial charge in [-0.1, -0.05) is 30.3 Å². The second-order valence-electron chi connectivity index (χ2n) is 8.35. The van der Waals surface area contributed by atoms with Crippen molar-refractivity contribution in [1.29, 1.82) is 0 Å². The van der Waals surface area contributed by atoms with Crippen LogP contribution in [0.25, 0.3) is 10.2 Å². The molecule has 4 rings (SSSR count). The van der Waals surface area contributed by atoms with Crippen molar-refractivity contribution >= 4 is 33.5 Å². The number of thiophene rings is 1.